The summed E-state index contributed by atoms with van der Waals surface area (Å²) in [6, 6.07) is 2.17. The van der Waals surface area contributed by atoms with E-state index in [0.29, 0.717) is 17.1 Å². The number of methoxy groups -OCH3 is 1. The summed E-state index contributed by atoms with van der Waals surface area (Å²) in [4.78, 5) is 3.36. The second kappa shape index (κ2) is 7.07. The molecule has 5 nitrogen and oxygen atoms in total. The summed E-state index contributed by atoms with van der Waals surface area (Å²) in [6.07, 6.45) is -1.78. The zero-order chi connectivity index (χ0) is 16.0. The summed E-state index contributed by atoms with van der Waals surface area (Å²) in [6.45, 7) is 4.22. The Morgan fingerprint density at radius 2 is 1.95 bits per heavy atom. The molecule has 0 aromatic carbocycles. The first-order valence-corrected chi connectivity index (χ1v) is 6.32. The molecule has 0 saturated carbocycles. The van der Waals surface area contributed by atoms with Crippen LogP contribution in [0.5, 0.6) is 5.88 Å². The van der Waals surface area contributed by atoms with E-state index in [1.54, 1.807) is 6.20 Å². The number of nitrogens with zero attached hydrogens (tertiary/aromatic N) is 3. The topological polar surface area (TPSA) is 66.0 Å². The van der Waals surface area contributed by atoms with Crippen LogP contribution in [-0.2, 0) is 12.7 Å². The van der Waals surface area contributed by atoms with E-state index in [2.05, 4.69) is 10.1 Å². The summed E-state index contributed by atoms with van der Waals surface area (Å²) < 4.78 is 43.5. The first-order chi connectivity index (χ1) is 9.95. The van der Waals surface area contributed by atoms with Gasteiger partial charge in [-0.15, -0.1) is 5.10 Å². The lowest BCUT2D eigenvalue weighted by Crippen LogP contribution is -2.08. The lowest BCUT2D eigenvalue weighted by molar-refractivity contribution is -0.141. The van der Waals surface area contributed by atoms with Crippen LogP contribution in [0.25, 0.3) is 5.69 Å². The van der Waals surface area contributed by atoms with Gasteiger partial charge in [-0.25, -0.2) is 9.67 Å². The third kappa shape index (κ3) is 3.94. The highest BCUT2D eigenvalue weighted by atomic mass is 19.4. The molecule has 0 spiro atoms. The predicted octanol–water partition coefficient (Wildman–Crippen LogP) is 2.78. The molecule has 0 fully saturated rings. The Hall–Kier alpha value is -2.09. The van der Waals surface area contributed by atoms with Crippen LogP contribution in [0.1, 0.15) is 25.1 Å². The molecule has 0 radical (unpaired) electrons. The molecule has 0 aliphatic heterocycles. The van der Waals surface area contributed by atoms with Crippen molar-refractivity contribution in [3.8, 4) is 11.6 Å². The fraction of sp³-hybridized carbons (Fsp3) is 0.385. The quantitative estimate of drug-likeness (QED) is 0.946. The molecule has 2 aromatic heterocycles. The van der Waals surface area contributed by atoms with Gasteiger partial charge in [-0.3, -0.25) is 0 Å². The summed E-state index contributed by atoms with van der Waals surface area (Å²) in [5.74, 6) is 0.336. The Kier molecular flexibility index (Phi) is 5.71. The van der Waals surface area contributed by atoms with Crippen molar-refractivity contribution >= 4 is 0 Å². The van der Waals surface area contributed by atoms with E-state index in [1.807, 2.05) is 13.8 Å². The third-order valence-electron chi connectivity index (χ3n) is 2.47. The van der Waals surface area contributed by atoms with Gasteiger partial charge in [-0.05, 0) is 12.1 Å². The lowest BCUT2D eigenvalue weighted by Gasteiger charge is -2.06. The first kappa shape index (κ1) is 17.0. The monoisotopic (exact) mass is 302 g/mol. The van der Waals surface area contributed by atoms with E-state index in [4.69, 9.17) is 10.5 Å². The van der Waals surface area contributed by atoms with Gasteiger partial charge in [-0.2, -0.15) is 13.2 Å². The van der Waals surface area contributed by atoms with E-state index in [9.17, 15) is 13.2 Å². The van der Waals surface area contributed by atoms with Crippen LogP contribution in [0.4, 0.5) is 13.2 Å². The average Bonchev–Trinajstić information content (AvgIpc) is 2.92. The van der Waals surface area contributed by atoms with E-state index in [1.165, 1.54) is 17.9 Å². The van der Waals surface area contributed by atoms with E-state index < -0.39 is 11.9 Å². The fourth-order valence-corrected chi connectivity index (χ4v) is 1.53. The molecule has 2 N–H and O–H groups in total. The largest absolute Gasteiger partial charge is 0.480 e. The highest BCUT2D eigenvalue weighted by molar-refractivity contribution is 5.33. The molecule has 21 heavy (non-hydrogen) atoms. The number of rotatable bonds is 3. The number of aromatic nitrogens is 3. The molecule has 8 heteroatoms. The minimum absolute atomic E-state index is 0.219. The van der Waals surface area contributed by atoms with Crippen LogP contribution < -0.4 is 10.5 Å². The van der Waals surface area contributed by atoms with Crippen LogP contribution in [0.15, 0.2) is 24.5 Å². The number of nitrogens with two attached hydrogens (primary N) is 1. The van der Waals surface area contributed by atoms with Crippen LogP contribution in [0.2, 0.25) is 0 Å². The maximum absolute atomic E-state index is 12.4. The van der Waals surface area contributed by atoms with Crippen LogP contribution in [0.3, 0.4) is 0 Å². The zero-order valence-electron chi connectivity index (χ0n) is 12.0. The summed E-state index contributed by atoms with van der Waals surface area (Å²) >= 11 is 0. The van der Waals surface area contributed by atoms with Crippen molar-refractivity contribution in [2.45, 2.75) is 26.6 Å². The van der Waals surface area contributed by atoms with Crippen LogP contribution in [-0.4, -0.2) is 21.9 Å². The van der Waals surface area contributed by atoms with Crippen molar-refractivity contribution in [3.05, 3.63) is 35.8 Å². The zero-order valence-corrected chi connectivity index (χ0v) is 12.0. The molecule has 2 heterocycles. The normalized spacial score (nSPS) is 10.8. The Bertz CT molecular complexity index is 542. The molecule has 0 bridgehead atoms. The van der Waals surface area contributed by atoms with Gasteiger partial charge in [0.2, 0.25) is 5.88 Å². The van der Waals surface area contributed by atoms with Crippen molar-refractivity contribution in [2.75, 3.05) is 7.11 Å². The van der Waals surface area contributed by atoms with Crippen LogP contribution in [0, 0.1) is 0 Å². The number of alkyl halides is 3. The smallest absolute Gasteiger partial charge is 0.433 e. The molecule has 0 aliphatic rings. The molecule has 2 aromatic rings. The first-order valence-electron chi connectivity index (χ1n) is 6.32. The predicted molar refractivity (Wildman–Crippen MR) is 72.2 cm³/mol. The van der Waals surface area contributed by atoms with E-state index >= 15 is 0 Å². The van der Waals surface area contributed by atoms with Gasteiger partial charge in [0.25, 0.3) is 0 Å². The highest BCUT2D eigenvalue weighted by Crippen LogP contribution is 2.27. The summed E-state index contributed by atoms with van der Waals surface area (Å²) in [7, 11) is 1.44. The third-order valence-corrected chi connectivity index (χ3v) is 2.47. The SMILES string of the molecule is CC.COc1nn(-c2ccc(C(F)(F)F)nc2)cc1CN. The standard InChI is InChI=1S/C11H11F3N4O.C2H6/c1-19-10-7(4-15)6-18(17-10)8-2-3-9(16-5-8)11(12,13)14;1-2/h2-3,5-6H,4,15H2,1H3;1-2H3. The van der Waals surface area contributed by atoms with Gasteiger partial charge in [0.15, 0.2) is 0 Å². The van der Waals surface area contributed by atoms with Gasteiger partial charge >= 0.3 is 6.18 Å². The van der Waals surface area contributed by atoms with Gasteiger partial charge in [0.1, 0.15) is 5.69 Å². The van der Waals surface area contributed by atoms with Gasteiger partial charge in [0.05, 0.1) is 19.0 Å². The maximum atomic E-state index is 12.4. The molecule has 0 atom stereocenters. The van der Waals surface area contributed by atoms with Gasteiger partial charge in [-0.1, -0.05) is 13.8 Å². The van der Waals surface area contributed by atoms with Crippen molar-refractivity contribution in [2.24, 2.45) is 5.73 Å². The van der Waals surface area contributed by atoms with Crippen molar-refractivity contribution in [1.82, 2.24) is 14.8 Å². The molecule has 2 rings (SSSR count). The number of ether oxygens (including phenoxy) is 1. The minimum atomic E-state index is -4.46. The molecular weight excluding hydrogens is 285 g/mol. The Labute approximate surface area is 120 Å². The number of hydrogen-bond acceptors (Lipinski definition) is 4. The Morgan fingerprint density at radius 3 is 2.33 bits per heavy atom. The number of halogens is 3. The summed E-state index contributed by atoms with van der Waals surface area (Å²) in [5, 5.41) is 4.05. The number of hydrogen-bond donors (Lipinski definition) is 1. The number of pyridine rings is 1. The molecule has 0 amide bonds. The fourth-order valence-electron chi connectivity index (χ4n) is 1.53. The van der Waals surface area contributed by atoms with E-state index in [-0.39, 0.29) is 6.54 Å². The Balaban J connectivity index is 0.00000106. The minimum Gasteiger partial charge on any atom is -0.480 e. The maximum Gasteiger partial charge on any atom is 0.433 e. The van der Waals surface area contributed by atoms with Crippen LogP contribution >= 0.6 is 0 Å². The van der Waals surface area contributed by atoms with Crippen molar-refractivity contribution in [3.63, 3.8) is 0 Å². The van der Waals surface area contributed by atoms with E-state index in [0.717, 1.165) is 12.3 Å². The second-order valence-corrected chi connectivity index (χ2v) is 3.71. The molecule has 0 aliphatic carbocycles. The molecular formula is C13H17F3N4O. The molecule has 0 saturated heterocycles. The summed E-state index contributed by atoms with van der Waals surface area (Å²) in [5.41, 5.74) is 5.60. The van der Waals surface area contributed by atoms with Crippen molar-refractivity contribution < 1.29 is 17.9 Å². The highest BCUT2D eigenvalue weighted by Gasteiger charge is 2.32. The Morgan fingerprint density at radius 1 is 1.29 bits per heavy atom. The molecule has 116 valence electrons. The average molecular weight is 302 g/mol. The lowest BCUT2D eigenvalue weighted by atomic mass is 10.3. The second-order valence-electron chi connectivity index (χ2n) is 3.71. The van der Waals surface area contributed by atoms with Gasteiger partial charge in [0, 0.05) is 18.3 Å². The van der Waals surface area contributed by atoms with Gasteiger partial charge < -0.3 is 10.5 Å². The molecule has 0 unspecified atom stereocenters. The van der Waals surface area contributed by atoms with Crippen molar-refractivity contribution in [1.29, 1.82) is 0 Å².